The number of ether oxygens (including phenoxy) is 13. The Morgan fingerprint density at radius 1 is 0.418 bits per heavy atom. The van der Waals surface area contributed by atoms with Crippen molar-refractivity contribution in [2.45, 2.75) is 124 Å². The van der Waals surface area contributed by atoms with E-state index in [1.54, 1.807) is 0 Å². The van der Waals surface area contributed by atoms with Crippen LogP contribution in [0.25, 0.3) is 33.5 Å². The number of anilines is 3. The summed E-state index contributed by atoms with van der Waals surface area (Å²) in [5.74, 6) is -53.6. The number of imidazole rings is 3. The van der Waals surface area contributed by atoms with Crippen LogP contribution < -0.4 is 36.1 Å². The van der Waals surface area contributed by atoms with Crippen molar-refractivity contribution in [2.75, 3.05) is 63.4 Å². The molecule has 37 nitrogen and oxygen atoms in total. The predicted octanol–water partition coefficient (Wildman–Crippen LogP) is 12.0. The molecule has 6 fully saturated rings. The molecule has 16 rings (SSSR count). The van der Waals surface area contributed by atoms with Gasteiger partial charge in [0.05, 0.1) is 38.8 Å². The van der Waals surface area contributed by atoms with Crippen molar-refractivity contribution in [3.8, 4) is 60.0 Å². The largest absolute Gasteiger partial charge is 0.519 e. The molecule has 13 atom stereocenters. The van der Waals surface area contributed by atoms with Crippen molar-refractivity contribution in [3.05, 3.63) is 154 Å². The number of nitrogen functional groups attached to an aromatic ring is 3. The number of carbonyl (C=O) groups excluding carboxylic acids is 5. The van der Waals surface area contributed by atoms with Crippen LogP contribution in [-0.2, 0) is 42.6 Å². The Balaban J connectivity index is 0.000000169. The number of hydrogen-bond donors (Lipinski definition) is 7. The second-order valence-electron chi connectivity index (χ2n) is 30.4. The highest BCUT2D eigenvalue weighted by atomic mass is 19.2. The van der Waals surface area contributed by atoms with Gasteiger partial charge >= 0.3 is 49.0 Å². The Bertz CT molecular complexity index is 6460. The summed E-state index contributed by atoms with van der Waals surface area (Å²) in [7, 11) is 0. The number of aromatic nitrogens is 12. The van der Waals surface area contributed by atoms with Crippen LogP contribution in [0.15, 0.2) is 19.0 Å². The van der Waals surface area contributed by atoms with Gasteiger partial charge in [0, 0.05) is 32.5 Å². The average Bonchev–Trinajstić information content (AvgIpc) is 1.62. The number of nitrogens with two attached hydrogens (primary N) is 3. The molecule has 0 radical (unpaired) electrons. The van der Waals surface area contributed by atoms with E-state index in [-0.39, 0.29) is 96.2 Å². The van der Waals surface area contributed by atoms with Crippen molar-refractivity contribution in [2.24, 2.45) is 23.7 Å². The lowest BCUT2D eigenvalue weighted by Gasteiger charge is -2.30. The Hall–Kier alpha value is -14.9. The number of nitrogens with zero attached hydrogens (tertiary/aromatic N) is 12. The molecule has 4 aromatic carbocycles. The van der Waals surface area contributed by atoms with E-state index in [1.807, 2.05) is 5.92 Å². The predicted molar refractivity (Wildman–Crippen MR) is 414 cm³/mol. The fourth-order valence-corrected chi connectivity index (χ4v) is 14.9. The lowest BCUT2D eigenvalue weighted by Crippen LogP contribution is -2.46. The molecule has 10 aromatic rings. The Labute approximate surface area is 770 Å². The lowest BCUT2D eigenvalue weighted by atomic mass is 9.80. The van der Waals surface area contributed by atoms with Crippen LogP contribution >= 0.6 is 0 Å². The first-order chi connectivity index (χ1) is 66.8. The minimum Gasteiger partial charge on any atom is -0.434 e. The number of aliphatic hydroxyl groups excluding tert-OH is 4. The second-order valence-corrected chi connectivity index (χ2v) is 30.4. The van der Waals surface area contributed by atoms with E-state index in [9.17, 15) is 135 Å². The monoisotopic (exact) mass is 2030 g/mol. The number of fused-ring (bicyclic) bond motifs is 5. The first-order valence-electron chi connectivity index (χ1n) is 40.0. The van der Waals surface area contributed by atoms with E-state index in [0.29, 0.717) is 11.8 Å². The molecular weight excluding hydrogens is 1970 g/mol. The number of halogens is 23. The maximum Gasteiger partial charge on any atom is 0.519 e. The van der Waals surface area contributed by atoms with Crippen LogP contribution in [0.4, 0.5) is 142 Å². The number of carbonyl (C=O) groups is 5. The molecule has 6 aromatic heterocycles. The molecule has 2 saturated carbocycles. The van der Waals surface area contributed by atoms with Gasteiger partial charge in [-0.3, -0.25) is 13.7 Å². The van der Waals surface area contributed by atoms with Crippen molar-refractivity contribution < 1.29 is 207 Å². The number of cyclic esters (lactones) is 3. The average molecular weight is 2030 g/mol. The number of benzene rings is 4. The molecule has 0 amide bonds. The van der Waals surface area contributed by atoms with Gasteiger partial charge < -0.3 is 99.2 Å². The summed E-state index contributed by atoms with van der Waals surface area (Å²) in [6.45, 7) is -1.61. The Morgan fingerprint density at radius 2 is 0.752 bits per heavy atom. The summed E-state index contributed by atoms with van der Waals surface area (Å²) in [6.07, 6.45) is 8.35. The highest BCUT2D eigenvalue weighted by molar-refractivity contribution is 5.83. The molecule has 754 valence electrons. The number of hydrogen-bond acceptors (Lipinski definition) is 34. The van der Waals surface area contributed by atoms with Crippen LogP contribution in [0.1, 0.15) is 89.3 Å². The molecule has 4 aliphatic heterocycles. The summed E-state index contributed by atoms with van der Waals surface area (Å²) in [5.41, 5.74) is 11.1. The maximum atomic E-state index is 14.1. The third-order valence-electron chi connectivity index (χ3n) is 22.2. The van der Waals surface area contributed by atoms with Crippen molar-refractivity contribution in [1.82, 2.24) is 58.6 Å². The van der Waals surface area contributed by atoms with Gasteiger partial charge in [0.1, 0.15) is 38.0 Å². The van der Waals surface area contributed by atoms with Gasteiger partial charge in [-0.1, -0.05) is 43.4 Å². The minimum absolute atomic E-state index is 0.0146. The van der Waals surface area contributed by atoms with Gasteiger partial charge in [-0.05, 0) is 49.4 Å². The smallest absolute Gasteiger partial charge is 0.434 e. The Kier molecular flexibility index (Phi) is 32.2. The van der Waals surface area contributed by atoms with Gasteiger partial charge in [-0.15, -0.1) is 19.3 Å². The van der Waals surface area contributed by atoms with Crippen molar-refractivity contribution in [1.29, 1.82) is 0 Å². The summed E-state index contributed by atoms with van der Waals surface area (Å²) in [6, 6.07) is 0. The van der Waals surface area contributed by atoms with Crippen LogP contribution in [0, 0.1) is 195 Å². The fourth-order valence-electron chi connectivity index (χ4n) is 14.9. The lowest BCUT2D eigenvalue weighted by molar-refractivity contribution is -0.104. The minimum atomic E-state index is -2.62. The molecule has 2 unspecified atom stereocenters. The highest BCUT2D eigenvalue weighted by Gasteiger charge is 2.56. The zero-order valence-electron chi connectivity index (χ0n) is 70.4. The van der Waals surface area contributed by atoms with Crippen LogP contribution in [0.3, 0.4) is 0 Å². The third kappa shape index (κ3) is 21.5. The molecule has 0 spiro atoms. The first-order valence-corrected chi connectivity index (χ1v) is 40.0. The van der Waals surface area contributed by atoms with E-state index in [1.165, 1.54) is 34.6 Å². The molecule has 141 heavy (non-hydrogen) atoms. The molecule has 10 heterocycles. The van der Waals surface area contributed by atoms with E-state index >= 15 is 0 Å². The summed E-state index contributed by atoms with van der Waals surface area (Å²) < 4.78 is 376. The molecule has 6 aliphatic rings. The van der Waals surface area contributed by atoms with Crippen molar-refractivity contribution >= 4 is 81.7 Å². The van der Waals surface area contributed by atoms with Crippen LogP contribution in [-0.4, -0.2) is 191 Å². The molecule has 4 saturated heterocycles. The SMILES string of the molecule is C#C[C@@]12COC(=O)OCC3CCCCC3COC(=O)O[C@H]1C[C@H](n1cnc3c(N)nc(F)nc31)O2.C#C[C@]1(CO)O[C@@H](n2cnc3c(N)nc(F)nc32)C[C@@H]1O.C#C[C@]1(COC(=O)Oc2c(F)c(F)c(F)c(F)c2F)O[C@@H](n2cnc3c(N)nc(F)nc32)C[C@@H]1OC(=O)Oc1c(F)c(F)c(F)c(F)c1F.O=C(Oc1c(F)c(F)c(F)c(F)c1F)Oc1c(F)c(F)c(F)c(F)c1F.OC[C@@H]1CCCC[C@@H]1CO. The van der Waals surface area contributed by atoms with Crippen molar-refractivity contribution in [3.63, 3.8) is 0 Å². The standard InChI is InChI=1S/C26H10F11N5O7.C22H24FN5O7.C13F10O3.C12H12FN5O3.C8H16O2/c1-2-26(4-45-24(43)47-19-14(33)10(29)8(27)11(30)15(19)34)6(46-25(44)48-20-16(35)12(31)9(28)13(32)17(20)36)3-7(49-26)42-5-39-18-21(38)40-23(37)41-22(18)42;1-2-22-10-33-20(29)31-8-12-5-3-4-6-13(12)9-32-21(30)34-14(22)7-15(35-22)28-11-25-16-17(24)26-19(23)27-18(16)28;14-1-3(16)7(20)11(8(21)4(1)17)25-13(24)26-12-9(22)5(18)2(15)6(19)10(12)23;1-2-12(4-19)6(20)3-7(21-12)18-5-15-8-9(14)16-11(13)17-10(8)18;9-5-7-3-1-2-4-8(7)6-10/h1,5-7H,3-4H2,(H2,38,40,41);1,11-15H,3-10H2,(H2,24,26,27);;1,5-7,19-20H,3-4H2,(H2,14,16,17);7-10H,1-6H2/t6-,7+,26+;12?,13?,14-,15+,22+;;6-,7+,12+;7-,8+/m00.0./s1. The molecule has 60 heteroatoms. The van der Waals surface area contributed by atoms with E-state index < -0.39 is 274 Å². The fraction of sp³-hybridized carbons (Fsp3) is 0.383. The van der Waals surface area contributed by atoms with Crippen LogP contribution in [0.2, 0.25) is 0 Å². The number of aliphatic hydroxyl groups is 4. The molecule has 10 N–H and O–H groups in total. The van der Waals surface area contributed by atoms with Gasteiger partial charge in [-0.2, -0.15) is 78.2 Å². The quantitative estimate of drug-likeness (QED) is 0.00824. The normalized spacial score (nSPS) is 23.1. The van der Waals surface area contributed by atoms with Gasteiger partial charge in [-0.25, -0.2) is 91.6 Å². The summed E-state index contributed by atoms with van der Waals surface area (Å²) in [4.78, 5) is 93.9. The number of rotatable bonds is 13. The van der Waals surface area contributed by atoms with Gasteiger partial charge in [0.25, 0.3) is 0 Å². The van der Waals surface area contributed by atoms with E-state index in [2.05, 4.69) is 80.4 Å². The zero-order chi connectivity index (χ0) is 103. The summed E-state index contributed by atoms with van der Waals surface area (Å²) in [5, 5.41) is 37.1. The van der Waals surface area contributed by atoms with E-state index in [0.717, 1.165) is 49.4 Å². The van der Waals surface area contributed by atoms with E-state index in [4.69, 9.17) is 84.6 Å². The zero-order valence-corrected chi connectivity index (χ0v) is 70.4. The maximum absolute atomic E-state index is 14.1. The molecular formula is C81H62F23N15O22. The highest BCUT2D eigenvalue weighted by Crippen LogP contribution is 2.46. The van der Waals surface area contributed by atoms with Gasteiger partial charge in [0.2, 0.25) is 151 Å². The third-order valence-corrected chi connectivity index (χ3v) is 22.2. The topological polar surface area (TPSA) is 495 Å². The van der Waals surface area contributed by atoms with Gasteiger partial charge in [0.15, 0.2) is 68.8 Å². The molecule has 0 bridgehead atoms. The molecule has 2 aliphatic carbocycles. The van der Waals surface area contributed by atoms with Crippen LogP contribution in [0.5, 0.6) is 23.0 Å². The first kappa shape index (κ1) is 105. The summed E-state index contributed by atoms with van der Waals surface area (Å²) >= 11 is 0. The number of terminal acetylenes is 3. The Morgan fingerprint density at radius 3 is 1.11 bits per heavy atom. The second kappa shape index (κ2) is 43.2.